The maximum atomic E-state index is 7.23. The zero-order valence-electron chi connectivity index (χ0n) is 25.1. The smallest absolute Gasteiger partial charge is 0.310 e. The molecule has 1 aromatic heterocycles. The number of hydrogen-bond acceptors (Lipinski definition) is 3. The van der Waals surface area contributed by atoms with Crippen molar-refractivity contribution in [1.82, 2.24) is 0 Å². The average Bonchev–Trinajstić information content (AvgIpc) is 3.09. The maximum Gasteiger partial charge on any atom is 0.310 e. The van der Waals surface area contributed by atoms with Gasteiger partial charge in [-0.05, 0) is 35.3 Å². The summed E-state index contributed by atoms with van der Waals surface area (Å²) in [6.45, 7) is 19.0. The molecule has 0 unspecified atom stereocenters. The van der Waals surface area contributed by atoms with Crippen LogP contribution >= 0.6 is 8.16 Å². The number of rotatable bonds is 7. The average molecular weight is 584 g/mol. The molecule has 3 nitrogen and oxygen atoms in total. The van der Waals surface area contributed by atoms with E-state index in [2.05, 4.69) is 155 Å². The molecular formula is C34H42NO2PSi2. The Labute approximate surface area is 242 Å². The third kappa shape index (κ3) is 5.66. The summed E-state index contributed by atoms with van der Waals surface area (Å²) in [5, 5.41) is 4.98. The van der Waals surface area contributed by atoms with Gasteiger partial charge >= 0.3 is 8.16 Å². The van der Waals surface area contributed by atoms with Crippen LogP contribution in [0.25, 0.3) is 21.9 Å². The summed E-state index contributed by atoms with van der Waals surface area (Å²) >= 11 is 0. The second-order valence-electron chi connectivity index (χ2n) is 12.8. The largest absolute Gasteiger partial charge is 0.408 e. The Morgan fingerprint density at radius 1 is 0.525 bits per heavy atom. The highest BCUT2D eigenvalue weighted by Crippen LogP contribution is 2.46. The summed E-state index contributed by atoms with van der Waals surface area (Å²) in [5.74, 6) is 0. The van der Waals surface area contributed by atoms with Crippen LogP contribution in [0.3, 0.4) is 0 Å². The minimum Gasteiger partial charge on any atom is -0.408 e. The first-order valence-electron chi connectivity index (χ1n) is 14.3. The Kier molecular flexibility index (Phi) is 8.04. The number of nitrogens with zero attached hydrogens (tertiary/aromatic N) is 1. The van der Waals surface area contributed by atoms with Gasteiger partial charge in [0.2, 0.25) is 0 Å². The van der Waals surface area contributed by atoms with Crippen molar-refractivity contribution in [2.24, 2.45) is 0 Å². The normalized spacial score (nSPS) is 14.0. The van der Waals surface area contributed by atoms with Gasteiger partial charge in [0.05, 0.1) is 16.1 Å². The van der Waals surface area contributed by atoms with E-state index in [9.17, 15) is 0 Å². The van der Waals surface area contributed by atoms with Gasteiger partial charge in [-0.2, -0.15) is 4.67 Å². The molecule has 0 N–H and O–H groups in total. The highest BCUT2D eigenvalue weighted by Gasteiger charge is 2.31. The van der Waals surface area contributed by atoms with Crippen LogP contribution in [0, 0.1) is 0 Å². The highest BCUT2D eigenvalue weighted by molar-refractivity contribution is 7.39. The van der Waals surface area contributed by atoms with E-state index < -0.39 is 24.3 Å². The van der Waals surface area contributed by atoms with Gasteiger partial charge in [0.1, 0.15) is 11.2 Å². The fraction of sp³-hybridized carbons (Fsp3) is 0.294. The molecule has 5 aromatic rings. The number of fused-ring (bicyclic) bond motifs is 3. The van der Waals surface area contributed by atoms with Gasteiger partial charge in [-0.25, -0.2) is 0 Å². The van der Waals surface area contributed by atoms with E-state index in [-0.39, 0.29) is 12.1 Å². The Morgan fingerprint density at radius 3 is 1.25 bits per heavy atom. The lowest BCUT2D eigenvalue weighted by atomic mass is 10.0. The van der Waals surface area contributed by atoms with Crippen LogP contribution in [0.15, 0.2) is 105 Å². The minimum atomic E-state index is -1.73. The molecule has 6 heteroatoms. The van der Waals surface area contributed by atoms with Gasteiger partial charge in [-0.15, -0.1) is 0 Å². The van der Waals surface area contributed by atoms with Crippen molar-refractivity contribution in [2.75, 3.05) is 4.67 Å². The molecule has 0 aliphatic rings. The summed E-state index contributed by atoms with van der Waals surface area (Å²) < 4.78 is 16.9. The zero-order chi connectivity index (χ0) is 28.7. The third-order valence-corrected chi connectivity index (χ3v) is 13.6. The van der Waals surface area contributed by atoms with Crippen LogP contribution in [-0.2, 0) is 0 Å². The van der Waals surface area contributed by atoms with Crippen LogP contribution in [0.4, 0.5) is 0 Å². The lowest BCUT2D eigenvalue weighted by Gasteiger charge is -2.32. The van der Waals surface area contributed by atoms with E-state index in [1.54, 1.807) is 0 Å². The summed E-state index contributed by atoms with van der Waals surface area (Å²) in [6, 6.07) is 35.0. The quantitative estimate of drug-likeness (QED) is 0.179. The van der Waals surface area contributed by atoms with Gasteiger partial charge in [0, 0.05) is 22.9 Å². The predicted octanol–water partition coefficient (Wildman–Crippen LogP) is 9.84. The molecule has 2 atom stereocenters. The van der Waals surface area contributed by atoms with Crippen LogP contribution in [-0.4, -0.2) is 16.1 Å². The van der Waals surface area contributed by atoms with Crippen molar-refractivity contribution in [3.8, 4) is 0 Å². The van der Waals surface area contributed by atoms with E-state index in [1.807, 2.05) is 0 Å². The van der Waals surface area contributed by atoms with Crippen molar-refractivity contribution in [3.63, 3.8) is 0 Å². The van der Waals surface area contributed by atoms with Gasteiger partial charge < -0.3 is 8.39 Å². The molecule has 4 aromatic carbocycles. The molecule has 0 spiro atoms. The monoisotopic (exact) mass is 583 g/mol. The summed E-state index contributed by atoms with van der Waals surface area (Å²) in [7, 11) is -4.98. The SMILES string of the molecule is C[C@H](c1ccccc1)N([C@@H](C)c1ccccc1)p1oc2c([Si](C)(C)C)cccc2c2cccc([Si](C)(C)C)c2o1. The Hall–Kier alpha value is -2.83. The molecule has 0 radical (unpaired) electrons. The molecule has 0 saturated carbocycles. The Balaban J connectivity index is 1.93. The Bertz CT molecular complexity index is 1530. The van der Waals surface area contributed by atoms with E-state index in [1.165, 1.54) is 21.5 Å². The van der Waals surface area contributed by atoms with Crippen LogP contribution in [0.2, 0.25) is 39.3 Å². The van der Waals surface area contributed by atoms with Crippen LogP contribution < -0.4 is 15.0 Å². The topological polar surface area (TPSA) is 29.5 Å². The van der Waals surface area contributed by atoms with Crippen molar-refractivity contribution >= 4 is 56.6 Å². The molecule has 208 valence electrons. The third-order valence-electron chi connectivity index (χ3n) is 7.82. The van der Waals surface area contributed by atoms with Gasteiger partial charge in [-0.3, -0.25) is 0 Å². The summed E-state index contributed by atoms with van der Waals surface area (Å²) in [6.07, 6.45) is 0. The van der Waals surface area contributed by atoms with Crippen LogP contribution in [0.5, 0.6) is 0 Å². The highest BCUT2D eigenvalue weighted by atomic mass is 31.1. The second kappa shape index (κ2) is 11.2. The molecule has 40 heavy (non-hydrogen) atoms. The van der Waals surface area contributed by atoms with Crippen molar-refractivity contribution < 1.29 is 8.39 Å². The van der Waals surface area contributed by atoms with Gasteiger partial charge in [0.25, 0.3) is 0 Å². The van der Waals surface area contributed by atoms with Gasteiger partial charge in [-0.1, -0.05) is 136 Å². The predicted molar refractivity (Wildman–Crippen MR) is 180 cm³/mol. The molecule has 0 saturated heterocycles. The standard InChI is InChI=1S/C34H42NO2PSi2/c1-25(27-17-11-9-12-18-27)35(26(2)28-19-13-10-14-20-28)38-36-33-29(21-15-23-31(33)39(3,4)5)30-22-16-24-32(34(30)37-38)40(6,7)8/h9-26H,1-8H3/t25-,26+. The number of benzene rings is 4. The van der Waals surface area contributed by atoms with Crippen molar-refractivity contribution in [2.45, 2.75) is 65.2 Å². The second-order valence-corrected chi connectivity index (χ2v) is 24.2. The maximum absolute atomic E-state index is 7.23. The van der Waals surface area contributed by atoms with Crippen molar-refractivity contribution in [1.29, 1.82) is 0 Å². The molecule has 0 amide bonds. The molecule has 1 heterocycles. The first kappa shape index (κ1) is 28.7. The lowest BCUT2D eigenvalue weighted by molar-refractivity contribution is 0.559. The van der Waals surface area contributed by atoms with E-state index in [4.69, 9.17) is 8.39 Å². The van der Waals surface area contributed by atoms with Crippen LogP contribution in [0.1, 0.15) is 37.1 Å². The molecule has 0 aliphatic carbocycles. The van der Waals surface area contributed by atoms with Gasteiger partial charge in [0.15, 0.2) is 0 Å². The first-order valence-corrected chi connectivity index (χ1v) is 22.4. The molecular weight excluding hydrogens is 542 g/mol. The number of para-hydroxylation sites is 2. The summed E-state index contributed by atoms with van der Waals surface area (Å²) in [5.41, 5.74) is 4.51. The number of hydrogen-bond donors (Lipinski definition) is 0. The lowest BCUT2D eigenvalue weighted by Crippen LogP contribution is -2.38. The van der Waals surface area contributed by atoms with E-state index in [0.29, 0.717) is 0 Å². The first-order chi connectivity index (χ1) is 19.0. The van der Waals surface area contributed by atoms with E-state index >= 15 is 0 Å². The van der Waals surface area contributed by atoms with Crippen molar-refractivity contribution in [3.05, 3.63) is 108 Å². The zero-order valence-corrected chi connectivity index (χ0v) is 28.0. The fourth-order valence-corrected chi connectivity index (χ4v) is 10.4. The molecule has 0 bridgehead atoms. The molecule has 0 fully saturated rings. The van der Waals surface area contributed by atoms with E-state index in [0.717, 1.165) is 21.9 Å². The molecule has 0 aliphatic heterocycles. The fourth-order valence-electron chi connectivity index (χ4n) is 5.53. The molecule has 5 rings (SSSR count). The summed E-state index contributed by atoms with van der Waals surface area (Å²) in [4.78, 5) is 0. The Morgan fingerprint density at radius 2 is 0.900 bits per heavy atom. The minimum absolute atomic E-state index is 0.0746.